The van der Waals surface area contributed by atoms with E-state index in [4.69, 9.17) is 10.2 Å². The van der Waals surface area contributed by atoms with Gasteiger partial charge in [0.25, 0.3) is 8.32 Å². The maximum Gasteiger partial charge on any atom is 0.261 e. The van der Waals surface area contributed by atoms with Crippen LogP contribution in [0.3, 0.4) is 0 Å². The zero-order chi connectivity index (χ0) is 26.1. The minimum Gasteiger partial charge on any atom is -0.404 e. The summed E-state index contributed by atoms with van der Waals surface area (Å²) in [6.07, 6.45) is 10.2. The van der Waals surface area contributed by atoms with Gasteiger partial charge in [0.2, 0.25) is 0 Å². The monoisotopic (exact) mass is 491 g/mol. The Bertz CT molecular complexity index is 929. The predicted octanol–water partition coefficient (Wildman–Crippen LogP) is 6.18. The van der Waals surface area contributed by atoms with Gasteiger partial charge in [-0.1, -0.05) is 127 Å². The highest BCUT2D eigenvalue weighted by Crippen LogP contribution is 2.38. The van der Waals surface area contributed by atoms with Gasteiger partial charge in [0.1, 0.15) is 0 Å². The SMILES string of the molecule is C/C=C\C[C@@H](C/C=C\CC(=O)[C@@H](N)C(C)(C)C)O[Si](c1ccccc1)(c1ccccc1)C(C)(C)C. The van der Waals surface area contributed by atoms with Gasteiger partial charge in [-0.3, -0.25) is 4.79 Å². The first-order chi connectivity index (χ1) is 16.4. The molecule has 0 radical (unpaired) electrons. The Kier molecular flexibility index (Phi) is 10.4. The van der Waals surface area contributed by atoms with Gasteiger partial charge in [-0.15, -0.1) is 0 Å². The summed E-state index contributed by atoms with van der Waals surface area (Å²) in [5.41, 5.74) is 5.92. The van der Waals surface area contributed by atoms with Crippen LogP contribution in [0, 0.1) is 5.41 Å². The quantitative estimate of drug-likeness (QED) is 0.302. The van der Waals surface area contributed by atoms with Crippen molar-refractivity contribution in [1.29, 1.82) is 0 Å². The second-order valence-electron chi connectivity index (χ2n) is 11.4. The summed E-state index contributed by atoms with van der Waals surface area (Å²) in [6.45, 7) is 15.0. The Balaban J connectivity index is 2.39. The topological polar surface area (TPSA) is 52.3 Å². The van der Waals surface area contributed by atoms with Gasteiger partial charge in [-0.05, 0) is 40.6 Å². The van der Waals surface area contributed by atoms with Crippen LogP contribution in [0.25, 0.3) is 0 Å². The Morgan fingerprint density at radius 3 is 1.77 bits per heavy atom. The zero-order valence-corrected chi connectivity index (χ0v) is 23.8. The second-order valence-corrected chi connectivity index (χ2v) is 15.7. The van der Waals surface area contributed by atoms with Crippen LogP contribution in [0.5, 0.6) is 0 Å². The molecule has 0 heterocycles. The summed E-state index contributed by atoms with van der Waals surface area (Å²) in [5, 5.41) is 2.47. The Labute approximate surface area is 214 Å². The smallest absolute Gasteiger partial charge is 0.261 e. The maximum atomic E-state index is 12.5. The van der Waals surface area contributed by atoms with Crippen LogP contribution in [-0.2, 0) is 9.22 Å². The summed E-state index contributed by atoms with van der Waals surface area (Å²) < 4.78 is 7.31. The number of carbonyl (C=O) groups excluding carboxylic acids is 1. The minimum absolute atomic E-state index is 0.000135. The predicted molar refractivity (Wildman–Crippen MR) is 153 cm³/mol. The number of hydrogen-bond donors (Lipinski definition) is 1. The van der Waals surface area contributed by atoms with Crippen LogP contribution in [0.4, 0.5) is 0 Å². The summed E-state index contributed by atoms with van der Waals surface area (Å²) >= 11 is 0. The molecule has 0 aliphatic rings. The van der Waals surface area contributed by atoms with Gasteiger partial charge < -0.3 is 10.2 Å². The Morgan fingerprint density at radius 2 is 1.34 bits per heavy atom. The van der Waals surface area contributed by atoms with Crippen molar-refractivity contribution in [2.75, 3.05) is 0 Å². The second kappa shape index (κ2) is 12.6. The van der Waals surface area contributed by atoms with E-state index in [1.165, 1.54) is 10.4 Å². The van der Waals surface area contributed by atoms with Crippen molar-refractivity contribution in [2.24, 2.45) is 11.1 Å². The number of allylic oxidation sites excluding steroid dienone is 2. The van der Waals surface area contributed by atoms with Crippen LogP contribution >= 0.6 is 0 Å². The number of benzene rings is 2. The Hall–Kier alpha value is -2.27. The fourth-order valence-corrected chi connectivity index (χ4v) is 9.19. The van der Waals surface area contributed by atoms with Gasteiger partial charge in [-0.2, -0.15) is 0 Å². The lowest BCUT2D eigenvalue weighted by atomic mass is 9.84. The molecule has 0 bridgehead atoms. The van der Waals surface area contributed by atoms with E-state index in [0.29, 0.717) is 6.42 Å². The molecule has 35 heavy (non-hydrogen) atoms. The molecule has 0 unspecified atom stereocenters. The van der Waals surface area contributed by atoms with Crippen LogP contribution in [0.15, 0.2) is 85.0 Å². The third kappa shape index (κ3) is 7.60. The first-order valence-corrected chi connectivity index (χ1v) is 14.7. The van der Waals surface area contributed by atoms with E-state index in [2.05, 4.69) is 99.7 Å². The van der Waals surface area contributed by atoms with E-state index >= 15 is 0 Å². The van der Waals surface area contributed by atoms with E-state index in [9.17, 15) is 4.79 Å². The van der Waals surface area contributed by atoms with Crippen molar-refractivity contribution in [1.82, 2.24) is 0 Å². The molecule has 2 rings (SSSR count). The van der Waals surface area contributed by atoms with Crippen LogP contribution < -0.4 is 16.1 Å². The van der Waals surface area contributed by atoms with Gasteiger partial charge >= 0.3 is 0 Å². The average molecular weight is 492 g/mol. The minimum atomic E-state index is -2.64. The fraction of sp³-hybridized carbons (Fsp3) is 0.452. The molecule has 190 valence electrons. The van der Waals surface area contributed by atoms with E-state index in [1.54, 1.807) is 0 Å². The Morgan fingerprint density at radius 1 is 0.857 bits per heavy atom. The van der Waals surface area contributed by atoms with E-state index in [1.807, 2.05) is 33.8 Å². The van der Waals surface area contributed by atoms with Crippen molar-refractivity contribution in [2.45, 2.75) is 84.9 Å². The highest BCUT2D eigenvalue weighted by atomic mass is 28.4. The molecule has 0 aliphatic heterocycles. The summed E-state index contributed by atoms with van der Waals surface area (Å²) in [7, 11) is -2.64. The summed E-state index contributed by atoms with van der Waals surface area (Å²) in [5.74, 6) is 0.0756. The molecule has 4 heteroatoms. The van der Waals surface area contributed by atoms with Crippen molar-refractivity contribution in [3.8, 4) is 0 Å². The van der Waals surface area contributed by atoms with E-state index in [-0.39, 0.29) is 22.3 Å². The molecule has 0 spiro atoms. The average Bonchev–Trinajstić information content (AvgIpc) is 2.82. The molecule has 0 saturated carbocycles. The first kappa shape index (κ1) is 29.0. The molecular weight excluding hydrogens is 446 g/mol. The van der Waals surface area contributed by atoms with Gasteiger partial charge in [0, 0.05) is 6.42 Å². The van der Waals surface area contributed by atoms with Crippen molar-refractivity contribution in [3.05, 3.63) is 85.0 Å². The number of nitrogens with two attached hydrogens (primary N) is 1. The molecule has 0 saturated heterocycles. The lowest BCUT2D eigenvalue weighted by molar-refractivity contribution is -0.121. The molecule has 0 amide bonds. The number of rotatable bonds is 11. The molecular formula is C31H45NO2Si. The third-order valence-corrected chi connectivity index (χ3v) is 11.7. The van der Waals surface area contributed by atoms with Crippen molar-refractivity contribution in [3.63, 3.8) is 0 Å². The maximum absolute atomic E-state index is 12.5. The van der Waals surface area contributed by atoms with Crippen molar-refractivity contribution >= 4 is 24.5 Å². The van der Waals surface area contributed by atoms with Crippen LogP contribution in [0.2, 0.25) is 5.04 Å². The lowest BCUT2D eigenvalue weighted by Gasteiger charge is -2.45. The number of hydrogen-bond acceptors (Lipinski definition) is 3. The highest BCUT2D eigenvalue weighted by Gasteiger charge is 2.51. The normalized spacial score (nSPS) is 15.0. The molecule has 2 aromatic rings. The fourth-order valence-electron chi connectivity index (χ4n) is 4.48. The number of ketones is 1. The van der Waals surface area contributed by atoms with Gasteiger partial charge in [-0.25, -0.2) is 0 Å². The van der Waals surface area contributed by atoms with E-state index < -0.39 is 14.4 Å². The largest absolute Gasteiger partial charge is 0.404 e. The summed E-state index contributed by atoms with van der Waals surface area (Å²) in [6, 6.07) is 21.0. The zero-order valence-electron chi connectivity index (χ0n) is 22.8. The van der Waals surface area contributed by atoms with E-state index in [0.717, 1.165) is 12.8 Å². The third-order valence-electron chi connectivity index (χ3n) is 6.56. The molecule has 3 nitrogen and oxygen atoms in total. The highest BCUT2D eigenvalue weighted by molar-refractivity contribution is 6.99. The molecule has 2 N–H and O–H groups in total. The molecule has 0 aliphatic carbocycles. The number of carbonyl (C=O) groups is 1. The van der Waals surface area contributed by atoms with Crippen molar-refractivity contribution < 1.29 is 9.22 Å². The standard InChI is InChI=1S/C31H45NO2Si/c1-8-9-18-25(19-16-17-24-28(33)29(32)30(2,3)4)34-35(31(5,6)7,26-20-12-10-13-21-26)27-22-14-11-15-23-27/h8-17,20-23,25,29H,18-19,24,32H2,1-7H3/b9-8-,17-16-/t25-,29+/m0/s1. The molecule has 2 aromatic carbocycles. The molecule has 2 atom stereocenters. The van der Waals surface area contributed by atoms with Gasteiger partial charge in [0.15, 0.2) is 5.78 Å². The molecule has 0 aromatic heterocycles. The van der Waals surface area contributed by atoms with Crippen LogP contribution in [0.1, 0.15) is 67.7 Å². The summed E-state index contributed by atoms with van der Waals surface area (Å²) in [4.78, 5) is 12.5. The van der Waals surface area contributed by atoms with Crippen LogP contribution in [-0.4, -0.2) is 26.2 Å². The molecule has 0 fully saturated rings. The number of Topliss-reactive ketones (excluding diaryl/α,β-unsaturated/α-hetero) is 1. The first-order valence-electron chi connectivity index (χ1n) is 12.8. The lowest BCUT2D eigenvalue weighted by Crippen LogP contribution is -2.67. The van der Waals surface area contributed by atoms with Gasteiger partial charge in [0.05, 0.1) is 12.1 Å².